The largest absolute Gasteiger partial charge is 0.381 e. The molecule has 0 bridgehead atoms. The van der Waals surface area contributed by atoms with Gasteiger partial charge >= 0.3 is 0 Å². The molecule has 1 aromatic carbocycles. The predicted octanol–water partition coefficient (Wildman–Crippen LogP) is 2.54. The zero-order valence-corrected chi connectivity index (χ0v) is 14.1. The van der Waals surface area contributed by atoms with Crippen LogP contribution < -0.4 is 5.32 Å². The maximum atomic E-state index is 12.6. The summed E-state index contributed by atoms with van der Waals surface area (Å²) >= 11 is 0. The Bertz CT molecular complexity index is 511. The van der Waals surface area contributed by atoms with E-state index in [0.717, 1.165) is 38.6 Å². The number of nitrogens with zero attached hydrogens (tertiary/aromatic N) is 1. The van der Waals surface area contributed by atoms with Crippen LogP contribution in [0.15, 0.2) is 24.3 Å². The van der Waals surface area contributed by atoms with E-state index < -0.39 is 0 Å². The number of rotatable bonds is 7. The minimum absolute atomic E-state index is 0.144. The Morgan fingerprint density at radius 2 is 2.09 bits per heavy atom. The molecule has 2 fully saturated rings. The molecule has 1 N–H and O–H groups in total. The average molecular weight is 316 g/mol. The Morgan fingerprint density at radius 3 is 2.78 bits per heavy atom. The first-order valence-corrected chi connectivity index (χ1v) is 8.94. The minimum atomic E-state index is 0.144. The molecule has 1 heterocycles. The van der Waals surface area contributed by atoms with Crippen molar-refractivity contribution in [1.82, 2.24) is 10.2 Å². The Hall–Kier alpha value is -1.39. The lowest BCUT2D eigenvalue weighted by molar-refractivity contribution is -0.135. The molecule has 3 rings (SSSR count). The van der Waals surface area contributed by atoms with Crippen molar-refractivity contribution < 1.29 is 9.53 Å². The number of carbonyl (C=O) groups excluding carboxylic acids is 1. The summed E-state index contributed by atoms with van der Waals surface area (Å²) in [6.45, 7) is 6.03. The predicted molar refractivity (Wildman–Crippen MR) is 91.3 cm³/mol. The van der Waals surface area contributed by atoms with E-state index in [-0.39, 0.29) is 11.9 Å². The van der Waals surface area contributed by atoms with Crippen LogP contribution in [-0.4, -0.2) is 43.7 Å². The summed E-state index contributed by atoms with van der Waals surface area (Å²) in [5.74, 6) is 0.973. The van der Waals surface area contributed by atoms with Crippen molar-refractivity contribution in [2.45, 2.75) is 38.6 Å². The summed E-state index contributed by atoms with van der Waals surface area (Å²) in [4.78, 5) is 14.6. The number of hydrogen-bond acceptors (Lipinski definition) is 3. The molecule has 1 amide bonds. The summed E-state index contributed by atoms with van der Waals surface area (Å²) in [6.07, 6.45) is 4.13. The minimum Gasteiger partial charge on any atom is -0.381 e. The number of ether oxygens (including phenoxy) is 1. The smallest absolute Gasteiger partial charge is 0.225 e. The van der Waals surface area contributed by atoms with Gasteiger partial charge < -0.3 is 15.0 Å². The van der Waals surface area contributed by atoms with Crippen LogP contribution >= 0.6 is 0 Å². The van der Waals surface area contributed by atoms with Gasteiger partial charge in [0.2, 0.25) is 5.91 Å². The third kappa shape index (κ3) is 4.55. The lowest BCUT2D eigenvalue weighted by Gasteiger charge is -2.36. The van der Waals surface area contributed by atoms with E-state index in [1.807, 2.05) is 4.90 Å². The van der Waals surface area contributed by atoms with E-state index >= 15 is 0 Å². The highest BCUT2D eigenvalue weighted by atomic mass is 16.5. The maximum absolute atomic E-state index is 12.6. The van der Waals surface area contributed by atoms with Gasteiger partial charge in [0.25, 0.3) is 0 Å². The molecule has 126 valence electrons. The number of amides is 1. The summed E-state index contributed by atoms with van der Waals surface area (Å²) < 4.78 is 5.63. The molecular weight excluding hydrogens is 288 g/mol. The van der Waals surface area contributed by atoms with E-state index in [2.05, 4.69) is 36.5 Å². The van der Waals surface area contributed by atoms with Gasteiger partial charge in [0.1, 0.15) is 0 Å². The van der Waals surface area contributed by atoms with Crippen LogP contribution in [0, 0.1) is 5.92 Å². The first-order chi connectivity index (χ1) is 11.3. The summed E-state index contributed by atoms with van der Waals surface area (Å²) in [6, 6.07) is 8.82. The van der Waals surface area contributed by atoms with Gasteiger partial charge in [0.05, 0.1) is 19.1 Å². The molecule has 23 heavy (non-hydrogen) atoms. The Morgan fingerprint density at radius 1 is 1.30 bits per heavy atom. The summed E-state index contributed by atoms with van der Waals surface area (Å²) in [7, 11) is 0. The fraction of sp³-hybridized carbons (Fsp3) is 0.632. The van der Waals surface area contributed by atoms with Gasteiger partial charge in [0.15, 0.2) is 0 Å². The first-order valence-electron chi connectivity index (χ1n) is 8.94. The second-order valence-electron chi connectivity index (χ2n) is 6.67. The van der Waals surface area contributed by atoms with Gasteiger partial charge in [-0.15, -0.1) is 0 Å². The molecule has 0 radical (unpaired) electrons. The Balaban J connectivity index is 1.56. The highest BCUT2D eigenvalue weighted by molar-refractivity contribution is 5.77. The van der Waals surface area contributed by atoms with Crippen LogP contribution in [0.5, 0.6) is 0 Å². The van der Waals surface area contributed by atoms with Crippen molar-refractivity contribution in [3.05, 3.63) is 35.4 Å². The fourth-order valence-electron chi connectivity index (χ4n) is 3.11. The van der Waals surface area contributed by atoms with Crippen molar-refractivity contribution in [3.63, 3.8) is 0 Å². The maximum Gasteiger partial charge on any atom is 0.225 e. The molecule has 0 spiro atoms. The fourth-order valence-corrected chi connectivity index (χ4v) is 3.11. The molecule has 1 aliphatic heterocycles. The highest BCUT2D eigenvalue weighted by Crippen LogP contribution is 2.29. The average Bonchev–Trinajstić information content (AvgIpc) is 3.43. The second kappa shape index (κ2) is 7.93. The zero-order valence-electron chi connectivity index (χ0n) is 14.1. The molecule has 1 saturated carbocycles. The van der Waals surface area contributed by atoms with Crippen LogP contribution in [0.3, 0.4) is 0 Å². The third-order valence-electron chi connectivity index (χ3n) is 4.85. The quantitative estimate of drug-likeness (QED) is 0.786. The van der Waals surface area contributed by atoms with Gasteiger partial charge in [0, 0.05) is 26.2 Å². The van der Waals surface area contributed by atoms with Gasteiger partial charge in [-0.05, 0) is 36.3 Å². The number of piperazine rings is 1. The van der Waals surface area contributed by atoms with Crippen LogP contribution in [0.4, 0.5) is 0 Å². The molecule has 2 aliphatic rings. The summed E-state index contributed by atoms with van der Waals surface area (Å²) in [5, 5.41) is 3.41. The van der Waals surface area contributed by atoms with E-state index in [1.165, 1.54) is 24.0 Å². The highest BCUT2D eigenvalue weighted by Gasteiger charge is 2.27. The van der Waals surface area contributed by atoms with Gasteiger partial charge in [-0.2, -0.15) is 0 Å². The van der Waals surface area contributed by atoms with Crippen LogP contribution in [0.2, 0.25) is 0 Å². The van der Waals surface area contributed by atoms with Crippen LogP contribution in [0.25, 0.3) is 0 Å². The molecule has 0 aromatic heterocycles. The monoisotopic (exact) mass is 316 g/mol. The number of benzene rings is 1. The molecule has 4 heteroatoms. The van der Waals surface area contributed by atoms with Crippen molar-refractivity contribution >= 4 is 5.91 Å². The van der Waals surface area contributed by atoms with Crippen molar-refractivity contribution in [3.8, 4) is 0 Å². The van der Waals surface area contributed by atoms with Crippen LogP contribution in [-0.2, 0) is 16.0 Å². The first kappa shape index (κ1) is 16.5. The summed E-state index contributed by atoms with van der Waals surface area (Å²) in [5.41, 5.74) is 2.56. The Kier molecular flexibility index (Phi) is 5.68. The molecular formula is C19H28N2O2. The van der Waals surface area contributed by atoms with Gasteiger partial charge in [-0.1, -0.05) is 31.2 Å². The molecule has 1 unspecified atom stereocenters. The lowest BCUT2D eigenvalue weighted by atomic mass is 10.0. The normalized spacial score (nSPS) is 21.4. The number of hydrogen-bond donors (Lipinski definition) is 1. The van der Waals surface area contributed by atoms with E-state index in [4.69, 9.17) is 4.74 Å². The van der Waals surface area contributed by atoms with Crippen molar-refractivity contribution in [1.29, 1.82) is 0 Å². The number of carbonyl (C=O) groups is 1. The molecule has 4 nitrogen and oxygen atoms in total. The molecule has 1 aliphatic carbocycles. The number of nitrogens with one attached hydrogen (secondary N) is 1. The van der Waals surface area contributed by atoms with Crippen LogP contribution in [0.1, 0.15) is 43.4 Å². The van der Waals surface area contributed by atoms with Crippen molar-refractivity contribution in [2.75, 3.05) is 32.8 Å². The second-order valence-corrected chi connectivity index (χ2v) is 6.67. The van der Waals surface area contributed by atoms with Gasteiger partial charge in [-0.25, -0.2) is 0 Å². The zero-order chi connectivity index (χ0) is 16.1. The molecule has 1 saturated heterocycles. The van der Waals surface area contributed by atoms with Crippen molar-refractivity contribution in [2.24, 2.45) is 5.92 Å². The molecule has 1 atom stereocenters. The van der Waals surface area contributed by atoms with E-state index in [0.29, 0.717) is 13.0 Å². The van der Waals surface area contributed by atoms with E-state index in [9.17, 15) is 4.79 Å². The SMILES string of the molecule is CCc1ccc(C2CNCCN2C(=O)CCOCC2CC2)cc1. The Labute approximate surface area is 139 Å². The topological polar surface area (TPSA) is 41.6 Å². The standard InChI is InChI=1S/C19H28N2O2/c1-2-15-5-7-17(8-6-15)18-13-20-10-11-21(18)19(22)9-12-23-14-16-3-4-16/h5-8,16,18,20H,2-4,9-14H2,1H3. The number of aryl methyl sites for hydroxylation is 1. The lowest BCUT2D eigenvalue weighted by Crippen LogP contribution is -2.48. The van der Waals surface area contributed by atoms with E-state index in [1.54, 1.807) is 0 Å². The molecule has 1 aromatic rings. The van der Waals surface area contributed by atoms with Gasteiger partial charge in [-0.3, -0.25) is 4.79 Å². The third-order valence-corrected chi connectivity index (χ3v) is 4.85.